The molecule has 162 valence electrons. The standard InChI is InChI=1S/C23H25N3O5/c24-22(28)20-13-26(16-6-2-3-7-17(16)29-20)14-21(27)25-15-8-9-18-19(12-15)31-23(30-18)10-4-1-5-11-23/h2-3,6-9,12,20H,1,4-5,10-11,13-14H2,(H2,24,28)(H,25,27)/t20-/m1/s1. The molecule has 5 rings (SSSR count). The van der Waals surface area contributed by atoms with Gasteiger partial charge in [-0.1, -0.05) is 18.6 Å². The van der Waals surface area contributed by atoms with Crippen LogP contribution in [0.2, 0.25) is 0 Å². The van der Waals surface area contributed by atoms with E-state index in [0.717, 1.165) is 31.4 Å². The first-order valence-corrected chi connectivity index (χ1v) is 10.6. The molecule has 0 aromatic heterocycles. The van der Waals surface area contributed by atoms with Crippen molar-refractivity contribution in [1.29, 1.82) is 0 Å². The fraction of sp³-hybridized carbons (Fsp3) is 0.391. The number of nitrogens with two attached hydrogens (primary N) is 1. The van der Waals surface area contributed by atoms with Crippen LogP contribution >= 0.6 is 0 Å². The Bertz CT molecular complexity index is 1020. The van der Waals surface area contributed by atoms with Crippen molar-refractivity contribution in [3.8, 4) is 17.2 Å². The van der Waals surface area contributed by atoms with Crippen molar-refractivity contribution >= 4 is 23.2 Å². The summed E-state index contributed by atoms with van der Waals surface area (Å²) in [7, 11) is 0. The summed E-state index contributed by atoms with van der Waals surface area (Å²) in [5, 5.41) is 2.91. The highest BCUT2D eigenvalue weighted by molar-refractivity contribution is 5.95. The van der Waals surface area contributed by atoms with Crippen molar-refractivity contribution in [2.45, 2.75) is 44.0 Å². The third-order valence-electron chi connectivity index (χ3n) is 5.95. The fourth-order valence-corrected chi connectivity index (χ4v) is 4.44. The summed E-state index contributed by atoms with van der Waals surface area (Å²) < 4.78 is 17.9. The van der Waals surface area contributed by atoms with E-state index in [1.165, 1.54) is 6.42 Å². The fourth-order valence-electron chi connectivity index (χ4n) is 4.44. The van der Waals surface area contributed by atoms with E-state index in [2.05, 4.69) is 5.32 Å². The van der Waals surface area contributed by atoms with Crippen molar-refractivity contribution in [2.75, 3.05) is 23.3 Å². The Labute approximate surface area is 180 Å². The van der Waals surface area contributed by atoms with E-state index in [4.69, 9.17) is 19.9 Å². The van der Waals surface area contributed by atoms with Crippen molar-refractivity contribution in [2.24, 2.45) is 5.73 Å². The van der Waals surface area contributed by atoms with Gasteiger partial charge in [0, 0.05) is 24.6 Å². The van der Waals surface area contributed by atoms with E-state index in [-0.39, 0.29) is 19.0 Å². The largest absolute Gasteiger partial charge is 0.477 e. The number of para-hydroxylation sites is 2. The molecule has 2 amide bonds. The van der Waals surface area contributed by atoms with Crippen LogP contribution in [0.4, 0.5) is 11.4 Å². The van der Waals surface area contributed by atoms with Gasteiger partial charge in [-0.3, -0.25) is 9.59 Å². The number of carbonyl (C=O) groups excluding carboxylic acids is 2. The summed E-state index contributed by atoms with van der Waals surface area (Å²) in [6.07, 6.45) is 4.32. The molecule has 2 aliphatic heterocycles. The maximum Gasteiger partial charge on any atom is 0.260 e. The second kappa shape index (κ2) is 7.68. The lowest BCUT2D eigenvalue weighted by Gasteiger charge is -2.34. The Hall–Kier alpha value is -3.42. The van der Waals surface area contributed by atoms with Crippen LogP contribution in [0.25, 0.3) is 0 Å². The lowest BCUT2D eigenvalue weighted by molar-refractivity contribution is -0.125. The first-order valence-electron chi connectivity index (χ1n) is 10.6. The molecule has 0 radical (unpaired) electrons. The molecule has 8 nitrogen and oxygen atoms in total. The zero-order valence-corrected chi connectivity index (χ0v) is 17.1. The van der Waals surface area contributed by atoms with Gasteiger partial charge in [0.25, 0.3) is 11.7 Å². The summed E-state index contributed by atoms with van der Waals surface area (Å²) in [5.74, 6) is 0.575. The molecule has 1 aliphatic carbocycles. The summed E-state index contributed by atoms with van der Waals surface area (Å²) in [4.78, 5) is 26.2. The number of anilines is 2. The summed E-state index contributed by atoms with van der Waals surface area (Å²) in [5.41, 5.74) is 6.82. The van der Waals surface area contributed by atoms with Gasteiger partial charge in [-0.2, -0.15) is 0 Å². The highest BCUT2D eigenvalue weighted by atomic mass is 16.7. The average Bonchev–Trinajstić information content (AvgIpc) is 3.10. The Balaban J connectivity index is 1.27. The Morgan fingerprint density at radius 3 is 2.61 bits per heavy atom. The molecule has 3 aliphatic rings. The monoisotopic (exact) mass is 423 g/mol. The number of nitrogens with zero attached hydrogens (tertiary/aromatic N) is 1. The van der Waals surface area contributed by atoms with E-state index in [0.29, 0.717) is 22.9 Å². The van der Waals surface area contributed by atoms with Crippen LogP contribution in [-0.4, -0.2) is 36.8 Å². The van der Waals surface area contributed by atoms with Crippen LogP contribution in [-0.2, 0) is 9.59 Å². The smallest absolute Gasteiger partial charge is 0.260 e. The van der Waals surface area contributed by atoms with Gasteiger partial charge in [-0.05, 0) is 37.1 Å². The molecule has 2 aromatic carbocycles. The Morgan fingerprint density at radius 1 is 1.03 bits per heavy atom. The molecule has 31 heavy (non-hydrogen) atoms. The molecular weight excluding hydrogens is 398 g/mol. The average molecular weight is 423 g/mol. The third-order valence-corrected chi connectivity index (χ3v) is 5.95. The maximum absolute atomic E-state index is 12.8. The van der Waals surface area contributed by atoms with Crippen LogP contribution in [0.15, 0.2) is 42.5 Å². The quantitative estimate of drug-likeness (QED) is 0.784. The zero-order valence-electron chi connectivity index (χ0n) is 17.1. The van der Waals surface area contributed by atoms with Gasteiger partial charge in [0.2, 0.25) is 5.91 Å². The van der Waals surface area contributed by atoms with Gasteiger partial charge >= 0.3 is 0 Å². The summed E-state index contributed by atoms with van der Waals surface area (Å²) >= 11 is 0. The van der Waals surface area contributed by atoms with Gasteiger partial charge in [0.1, 0.15) is 5.75 Å². The predicted octanol–water partition coefficient (Wildman–Crippen LogP) is 2.81. The van der Waals surface area contributed by atoms with Crippen molar-refractivity contribution in [1.82, 2.24) is 0 Å². The molecule has 1 spiro atoms. The van der Waals surface area contributed by atoms with E-state index in [1.54, 1.807) is 23.1 Å². The first kappa shape index (κ1) is 19.5. The normalized spacial score (nSPS) is 20.6. The van der Waals surface area contributed by atoms with E-state index < -0.39 is 17.8 Å². The van der Waals surface area contributed by atoms with Crippen LogP contribution in [0, 0.1) is 0 Å². The molecule has 2 aromatic rings. The number of benzene rings is 2. The molecule has 1 saturated carbocycles. The van der Waals surface area contributed by atoms with Gasteiger partial charge in [-0.15, -0.1) is 0 Å². The molecule has 1 fully saturated rings. The predicted molar refractivity (Wildman–Crippen MR) is 114 cm³/mol. The number of fused-ring (bicyclic) bond motifs is 2. The van der Waals surface area contributed by atoms with Crippen LogP contribution in [0.1, 0.15) is 32.1 Å². The summed E-state index contributed by atoms with van der Waals surface area (Å²) in [6, 6.07) is 12.7. The van der Waals surface area contributed by atoms with Gasteiger partial charge in [-0.25, -0.2) is 0 Å². The second-order valence-corrected chi connectivity index (χ2v) is 8.24. The number of hydrogen-bond acceptors (Lipinski definition) is 6. The van der Waals surface area contributed by atoms with Crippen molar-refractivity contribution in [3.05, 3.63) is 42.5 Å². The molecule has 8 heteroatoms. The molecule has 2 heterocycles. The Kier molecular flexibility index (Phi) is 4.84. The number of primary amides is 1. The van der Waals surface area contributed by atoms with Crippen LogP contribution in [0.5, 0.6) is 17.2 Å². The number of ether oxygens (including phenoxy) is 3. The number of rotatable bonds is 4. The van der Waals surface area contributed by atoms with E-state index in [9.17, 15) is 9.59 Å². The van der Waals surface area contributed by atoms with Gasteiger partial charge in [0.15, 0.2) is 17.6 Å². The SMILES string of the molecule is NC(=O)[C@H]1CN(CC(=O)Nc2ccc3c(c2)OC2(CCCCC2)O3)c2ccccc2O1. The van der Waals surface area contributed by atoms with E-state index in [1.807, 2.05) is 24.3 Å². The van der Waals surface area contributed by atoms with Gasteiger partial charge < -0.3 is 30.2 Å². The van der Waals surface area contributed by atoms with Crippen LogP contribution in [0.3, 0.4) is 0 Å². The minimum Gasteiger partial charge on any atom is -0.477 e. The third kappa shape index (κ3) is 3.85. The molecule has 0 unspecified atom stereocenters. The van der Waals surface area contributed by atoms with E-state index >= 15 is 0 Å². The molecule has 3 N–H and O–H groups in total. The zero-order chi connectivity index (χ0) is 21.4. The highest BCUT2D eigenvalue weighted by Crippen LogP contribution is 2.46. The summed E-state index contributed by atoms with van der Waals surface area (Å²) in [6.45, 7) is 0.270. The minimum absolute atomic E-state index is 0.0581. The second-order valence-electron chi connectivity index (χ2n) is 8.24. The molecule has 1 atom stereocenters. The lowest BCUT2D eigenvalue weighted by atomic mass is 9.94. The molecular formula is C23H25N3O5. The lowest BCUT2D eigenvalue weighted by Crippen LogP contribution is -2.49. The molecule has 0 saturated heterocycles. The molecule has 0 bridgehead atoms. The first-order chi connectivity index (χ1) is 15.0. The van der Waals surface area contributed by atoms with Crippen LogP contribution < -0.4 is 30.2 Å². The Morgan fingerprint density at radius 2 is 1.81 bits per heavy atom. The van der Waals surface area contributed by atoms with Gasteiger partial charge in [0.05, 0.1) is 18.8 Å². The number of amides is 2. The number of carbonyl (C=O) groups is 2. The highest BCUT2D eigenvalue weighted by Gasteiger charge is 2.42. The van der Waals surface area contributed by atoms with Crippen molar-refractivity contribution in [3.63, 3.8) is 0 Å². The minimum atomic E-state index is -0.806. The maximum atomic E-state index is 12.8. The van der Waals surface area contributed by atoms with Crippen molar-refractivity contribution < 1.29 is 23.8 Å². The number of hydrogen-bond donors (Lipinski definition) is 2. The number of nitrogens with one attached hydrogen (secondary N) is 1. The topological polar surface area (TPSA) is 103 Å².